The van der Waals surface area contributed by atoms with Crippen molar-refractivity contribution in [1.82, 2.24) is 5.32 Å². The summed E-state index contributed by atoms with van der Waals surface area (Å²) in [6.07, 6.45) is 2.72. The van der Waals surface area contributed by atoms with Gasteiger partial charge in [-0.2, -0.15) is 0 Å². The summed E-state index contributed by atoms with van der Waals surface area (Å²) in [6, 6.07) is 5.87. The van der Waals surface area contributed by atoms with E-state index in [4.69, 9.17) is 0 Å². The minimum Gasteiger partial charge on any atom is -0.352 e. The quantitative estimate of drug-likeness (QED) is 0.753. The number of nitrogens with one attached hydrogen (secondary N) is 2. The van der Waals surface area contributed by atoms with Crippen LogP contribution in [0.15, 0.2) is 24.3 Å². The number of thiophene rings is 1. The standard InChI is InChI=1S/C22H27FN2O2S/c1-5-24-20(27)18-15-11-10-13(22(2,3)4)12-17(15)28-21(18)25-19(26)14-8-6-7-9-16(14)23/h6-9,13H,5,10-12H2,1-4H3,(H,24,27)(H,25,26)/t13-/m0/s1. The van der Waals surface area contributed by atoms with Crippen molar-refractivity contribution in [2.75, 3.05) is 11.9 Å². The molecule has 0 aliphatic heterocycles. The molecule has 2 aromatic rings. The van der Waals surface area contributed by atoms with Gasteiger partial charge in [0.25, 0.3) is 11.8 Å². The number of halogens is 1. The van der Waals surface area contributed by atoms with Gasteiger partial charge in [-0.15, -0.1) is 11.3 Å². The number of amides is 2. The van der Waals surface area contributed by atoms with Crippen LogP contribution < -0.4 is 10.6 Å². The van der Waals surface area contributed by atoms with E-state index in [1.165, 1.54) is 23.5 Å². The van der Waals surface area contributed by atoms with E-state index in [1.54, 1.807) is 12.1 Å². The average Bonchev–Trinajstić information content (AvgIpc) is 2.98. The topological polar surface area (TPSA) is 58.2 Å². The molecule has 1 aromatic heterocycles. The number of anilines is 1. The van der Waals surface area contributed by atoms with Crippen LogP contribution in [0.3, 0.4) is 0 Å². The van der Waals surface area contributed by atoms with Crippen LogP contribution in [0.5, 0.6) is 0 Å². The van der Waals surface area contributed by atoms with Crippen LogP contribution in [0.4, 0.5) is 9.39 Å². The molecule has 1 aliphatic rings. The molecule has 1 aromatic carbocycles. The Morgan fingerprint density at radius 1 is 1.21 bits per heavy atom. The monoisotopic (exact) mass is 402 g/mol. The van der Waals surface area contributed by atoms with Crippen LogP contribution in [0, 0.1) is 17.2 Å². The van der Waals surface area contributed by atoms with E-state index >= 15 is 0 Å². The molecule has 6 heteroatoms. The summed E-state index contributed by atoms with van der Waals surface area (Å²) in [6.45, 7) is 9.09. The Labute approximate surface area is 169 Å². The third kappa shape index (κ3) is 4.12. The Morgan fingerprint density at radius 3 is 2.57 bits per heavy atom. The molecule has 2 amide bonds. The van der Waals surface area contributed by atoms with Crippen molar-refractivity contribution < 1.29 is 14.0 Å². The number of fused-ring (bicyclic) bond motifs is 1. The Hall–Kier alpha value is -2.21. The average molecular weight is 403 g/mol. The summed E-state index contributed by atoms with van der Waals surface area (Å²) in [5.74, 6) is -0.766. The van der Waals surface area contributed by atoms with Crippen LogP contribution in [-0.4, -0.2) is 18.4 Å². The van der Waals surface area contributed by atoms with Crippen molar-refractivity contribution in [3.8, 4) is 0 Å². The molecular formula is C22H27FN2O2S. The van der Waals surface area contributed by atoms with E-state index in [0.29, 0.717) is 23.0 Å². The van der Waals surface area contributed by atoms with Crippen molar-refractivity contribution in [2.24, 2.45) is 11.3 Å². The van der Waals surface area contributed by atoms with Gasteiger partial charge in [0, 0.05) is 11.4 Å². The van der Waals surface area contributed by atoms with Crippen molar-refractivity contribution in [1.29, 1.82) is 0 Å². The first-order valence-electron chi connectivity index (χ1n) is 9.71. The molecule has 0 saturated carbocycles. The lowest BCUT2D eigenvalue weighted by atomic mass is 9.72. The number of hydrogen-bond donors (Lipinski definition) is 2. The van der Waals surface area contributed by atoms with Crippen LogP contribution in [0.25, 0.3) is 0 Å². The number of carbonyl (C=O) groups excluding carboxylic acids is 2. The summed E-state index contributed by atoms with van der Waals surface area (Å²) in [4.78, 5) is 26.5. The second-order valence-corrected chi connectivity index (χ2v) is 9.41. The lowest BCUT2D eigenvalue weighted by Gasteiger charge is -2.33. The highest BCUT2D eigenvalue weighted by molar-refractivity contribution is 7.17. The summed E-state index contributed by atoms with van der Waals surface area (Å²) < 4.78 is 14.0. The lowest BCUT2D eigenvalue weighted by molar-refractivity contribution is 0.0955. The van der Waals surface area contributed by atoms with E-state index in [0.717, 1.165) is 29.7 Å². The molecule has 2 N–H and O–H groups in total. The van der Waals surface area contributed by atoms with Gasteiger partial charge in [0.1, 0.15) is 10.8 Å². The molecule has 1 aliphatic carbocycles. The van der Waals surface area contributed by atoms with Gasteiger partial charge in [0.2, 0.25) is 0 Å². The van der Waals surface area contributed by atoms with E-state index in [-0.39, 0.29) is 16.9 Å². The van der Waals surface area contributed by atoms with Crippen molar-refractivity contribution >= 4 is 28.2 Å². The van der Waals surface area contributed by atoms with Crippen molar-refractivity contribution in [2.45, 2.75) is 47.0 Å². The highest BCUT2D eigenvalue weighted by atomic mass is 32.1. The maximum atomic E-state index is 14.0. The molecule has 0 unspecified atom stereocenters. The fourth-order valence-electron chi connectivity index (χ4n) is 3.72. The van der Waals surface area contributed by atoms with Crippen LogP contribution >= 0.6 is 11.3 Å². The van der Waals surface area contributed by atoms with Crippen molar-refractivity contribution in [3.63, 3.8) is 0 Å². The first kappa shape index (κ1) is 20.5. The van der Waals surface area contributed by atoms with Gasteiger partial charge in [-0.25, -0.2) is 4.39 Å². The van der Waals surface area contributed by atoms with Gasteiger partial charge >= 0.3 is 0 Å². The molecule has 0 saturated heterocycles. The lowest BCUT2D eigenvalue weighted by Crippen LogP contribution is -2.28. The Balaban J connectivity index is 1.96. The van der Waals surface area contributed by atoms with Gasteiger partial charge in [-0.1, -0.05) is 32.9 Å². The number of benzene rings is 1. The molecule has 0 radical (unpaired) electrons. The summed E-state index contributed by atoms with van der Waals surface area (Å²) in [7, 11) is 0. The number of hydrogen-bond acceptors (Lipinski definition) is 3. The zero-order valence-corrected chi connectivity index (χ0v) is 17.6. The van der Waals surface area contributed by atoms with Crippen LogP contribution in [0.1, 0.15) is 65.3 Å². The highest BCUT2D eigenvalue weighted by Crippen LogP contribution is 2.44. The van der Waals surface area contributed by atoms with Gasteiger partial charge in [-0.05, 0) is 55.2 Å². The first-order valence-corrected chi connectivity index (χ1v) is 10.5. The van der Waals surface area contributed by atoms with Gasteiger partial charge in [0.15, 0.2) is 0 Å². The molecule has 28 heavy (non-hydrogen) atoms. The normalized spacial score (nSPS) is 16.4. The maximum Gasteiger partial charge on any atom is 0.259 e. The molecule has 0 bridgehead atoms. The Morgan fingerprint density at radius 2 is 1.93 bits per heavy atom. The van der Waals surface area contributed by atoms with E-state index in [1.807, 2.05) is 6.92 Å². The molecule has 0 fully saturated rings. The molecule has 3 rings (SSSR count). The Kier molecular flexibility index (Phi) is 5.89. The maximum absolute atomic E-state index is 14.0. The smallest absolute Gasteiger partial charge is 0.259 e. The summed E-state index contributed by atoms with van der Waals surface area (Å²) in [5.41, 5.74) is 1.73. The van der Waals surface area contributed by atoms with E-state index < -0.39 is 11.7 Å². The van der Waals surface area contributed by atoms with Crippen molar-refractivity contribution in [3.05, 3.63) is 51.7 Å². The minimum atomic E-state index is -0.575. The summed E-state index contributed by atoms with van der Waals surface area (Å²) >= 11 is 1.45. The fourth-order valence-corrected chi connectivity index (χ4v) is 5.04. The second kappa shape index (κ2) is 8.03. The first-order chi connectivity index (χ1) is 13.2. The number of carbonyl (C=O) groups is 2. The number of rotatable bonds is 4. The van der Waals surface area contributed by atoms with Gasteiger partial charge < -0.3 is 10.6 Å². The SMILES string of the molecule is CCNC(=O)c1c(NC(=O)c2ccccc2F)sc2c1CC[C@H](C(C)(C)C)C2. The predicted octanol–water partition coefficient (Wildman–Crippen LogP) is 5.04. The minimum absolute atomic E-state index is 0.0247. The van der Waals surface area contributed by atoms with Crippen LogP contribution in [-0.2, 0) is 12.8 Å². The van der Waals surface area contributed by atoms with Crippen LogP contribution in [0.2, 0.25) is 0 Å². The molecule has 1 heterocycles. The molecule has 0 spiro atoms. The predicted molar refractivity (Wildman–Crippen MR) is 112 cm³/mol. The van der Waals surface area contributed by atoms with Gasteiger partial charge in [-0.3, -0.25) is 9.59 Å². The summed E-state index contributed by atoms with van der Waals surface area (Å²) in [5, 5.41) is 6.16. The molecule has 4 nitrogen and oxygen atoms in total. The Bertz CT molecular complexity index is 898. The molecular weight excluding hydrogens is 375 g/mol. The fraction of sp³-hybridized carbons (Fsp3) is 0.455. The van der Waals surface area contributed by atoms with E-state index in [2.05, 4.69) is 31.4 Å². The second-order valence-electron chi connectivity index (χ2n) is 8.31. The largest absolute Gasteiger partial charge is 0.352 e. The molecule has 1 atom stereocenters. The zero-order valence-electron chi connectivity index (χ0n) is 16.8. The third-order valence-corrected chi connectivity index (χ3v) is 6.57. The third-order valence-electron chi connectivity index (χ3n) is 5.40. The van der Waals surface area contributed by atoms with Gasteiger partial charge in [0.05, 0.1) is 11.1 Å². The van der Waals surface area contributed by atoms with E-state index in [9.17, 15) is 14.0 Å². The highest BCUT2D eigenvalue weighted by Gasteiger charge is 2.34. The molecule has 150 valence electrons. The zero-order chi connectivity index (χ0) is 20.5.